The minimum absolute atomic E-state index is 0.128. The Bertz CT molecular complexity index is 417. The number of para-hydroxylation sites is 1. The zero-order chi connectivity index (χ0) is 14.4. The maximum Gasteiger partial charge on any atom is 0.144 e. The number of hydrogen-bond donors (Lipinski definition) is 2. The van der Waals surface area contributed by atoms with Crippen LogP contribution in [0.5, 0.6) is 5.75 Å². The molecule has 0 unspecified atom stereocenters. The van der Waals surface area contributed by atoms with Crippen LogP contribution in [0, 0.1) is 5.92 Å². The average molecular weight is 278 g/mol. The van der Waals surface area contributed by atoms with Gasteiger partial charge in [0.15, 0.2) is 0 Å². The molecular weight excluding hydrogens is 252 g/mol. The van der Waals surface area contributed by atoms with Gasteiger partial charge in [-0.05, 0) is 51.2 Å². The third-order valence-electron chi connectivity index (χ3n) is 3.26. The van der Waals surface area contributed by atoms with Gasteiger partial charge in [0, 0.05) is 19.8 Å². The summed E-state index contributed by atoms with van der Waals surface area (Å²) in [5.41, 5.74) is 7.72. The molecule has 1 aromatic rings. The summed E-state index contributed by atoms with van der Waals surface area (Å²) in [6.45, 7) is 6.60. The van der Waals surface area contributed by atoms with Crippen LogP contribution in [0.25, 0.3) is 0 Å². The molecule has 2 rings (SSSR count). The van der Waals surface area contributed by atoms with E-state index in [9.17, 15) is 0 Å². The Morgan fingerprint density at radius 2 is 2.15 bits per heavy atom. The Labute approximate surface area is 121 Å². The van der Waals surface area contributed by atoms with Gasteiger partial charge in [-0.15, -0.1) is 0 Å². The molecule has 1 fully saturated rings. The van der Waals surface area contributed by atoms with E-state index in [1.807, 2.05) is 32.0 Å². The van der Waals surface area contributed by atoms with Crippen LogP contribution in [-0.2, 0) is 4.74 Å². The minimum atomic E-state index is 0.128. The first kappa shape index (κ1) is 15.0. The van der Waals surface area contributed by atoms with E-state index in [0.717, 1.165) is 43.5 Å². The van der Waals surface area contributed by atoms with Crippen LogP contribution in [0.15, 0.2) is 18.2 Å². The lowest BCUT2D eigenvalue weighted by molar-refractivity contribution is 0.124. The normalized spacial score (nSPS) is 14.6. The second kappa shape index (κ2) is 7.39. The van der Waals surface area contributed by atoms with Gasteiger partial charge in [-0.2, -0.15) is 0 Å². The predicted octanol–water partition coefficient (Wildman–Crippen LogP) is 3.28. The van der Waals surface area contributed by atoms with Crippen molar-refractivity contribution in [1.82, 2.24) is 0 Å². The SMILES string of the molecule is CC(C)Oc1cccc(NCCCOCC2CC2)c1N. The summed E-state index contributed by atoms with van der Waals surface area (Å²) in [6.07, 6.45) is 3.80. The van der Waals surface area contributed by atoms with Gasteiger partial charge in [-0.3, -0.25) is 0 Å². The molecule has 3 N–H and O–H groups in total. The third kappa shape index (κ3) is 4.93. The van der Waals surface area contributed by atoms with E-state index in [1.165, 1.54) is 12.8 Å². The monoisotopic (exact) mass is 278 g/mol. The lowest BCUT2D eigenvalue weighted by atomic mass is 10.2. The second-order valence-corrected chi connectivity index (χ2v) is 5.68. The lowest BCUT2D eigenvalue weighted by Crippen LogP contribution is -2.11. The topological polar surface area (TPSA) is 56.5 Å². The number of benzene rings is 1. The standard InChI is InChI=1S/C16H26N2O2/c1-12(2)20-15-6-3-5-14(16(15)17)18-9-4-10-19-11-13-7-8-13/h3,5-6,12-13,18H,4,7-11,17H2,1-2H3. The summed E-state index contributed by atoms with van der Waals surface area (Å²) < 4.78 is 11.3. The van der Waals surface area contributed by atoms with Crippen molar-refractivity contribution in [3.05, 3.63) is 18.2 Å². The minimum Gasteiger partial charge on any atom is -0.489 e. The van der Waals surface area contributed by atoms with Gasteiger partial charge in [-0.1, -0.05) is 6.07 Å². The highest BCUT2D eigenvalue weighted by atomic mass is 16.5. The molecule has 0 bridgehead atoms. The Morgan fingerprint density at radius 3 is 2.85 bits per heavy atom. The molecule has 0 aliphatic heterocycles. The maximum atomic E-state index is 6.10. The first-order valence-electron chi connectivity index (χ1n) is 7.53. The Hall–Kier alpha value is -1.42. The highest BCUT2D eigenvalue weighted by molar-refractivity contribution is 5.72. The Kier molecular flexibility index (Phi) is 5.53. The number of anilines is 2. The molecule has 0 amide bonds. The van der Waals surface area contributed by atoms with E-state index < -0.39 is 0 Å². The Morgan fingerprint density at radius 1 is 1.35 bits per heavy atom. The van der Waals surface area contributed by atoms with Gasteiger partial charge in [-0.25, -0.2) is 0 Å². The fraction of sp³-hybridized carbons (Fsp3) is 0.625. The van der Waals surface area contributed by atoms with Crippen LogP contribution in [0.1, 0.15) is 33.1 Å². The molecule has 0 saturated heterocycles. The summed E-state index contributed by atoms with van der Waals surface area (Å²) in [4.78, 5) is 0. The van der Waals surface area contributed by atoms with Gasteiger partial charge < -0.3 is 20.5 Å². The number of nitrogen functional groups attached to an aromatic ring is 1. The molecule has 0 radical (unpaired) electrons. The first-order chi connectivity index (χ1) is 9.66. The van der Waals surface area contributed by atoms with E-state index in [0.29, 0.717) is 5.69 Å². The van der Waals surface area contributed by atoms with Gasteiger partial charge in [0.2, 0.25) is 0 Å². The summed E-state index contributed by atoms with van der Waals surface area (Å²) >= 11 is 0. The van der Waals surface area contributed by atoms with E-state index in [4.69, 9.17) is 15.2 Å². The molecule has 4 heteroatoms. The highest BCUT2D eigenvalue weighted by Gasteiger charge is 2.20. The molecule has 0 aromatic heterocycles. The maximum absolute atomic E-state index is 6.10. The predicted molar refractivity (Wildman–Crippen MR) is 83.3 cm³/mol. The summed E-state index contributed by atoms with van der Waals surface area (Å²) in [6, 6.07) is 5.84. The van der Waals surface area contributed by atoms with Crippen LogP contribution in [0.4, 0.5) is 11.4 Å². The van der Waals surface area contributed by atoms with E-state index >= 15 is 0 Å². The van der Waals surface area contributed by atoms with Crippen molar-refractivity contribution in [3.63, 3.8) is 0 Å². The molecular formula is C16H26N2O2. The van der Waals surface area contributed by atoms with Crippen molar-refractivity contribution in [2.75, 3.05) is 30.8 Å². The number of rotatable bonds is 9. The van der Waals surface area contributed by atoms with Crippen LogP contribution >= 0.6 is 0 Å². The van der Waals surface area contributed by atoms with Gasteiger partial charge in [0.25, 0.3) is 0 Å². The summed E-state index contributed by atoms with van der Waals surface area (Å²) in [7, 11) is 0. The van der Waals surface area contributed by atoms with Gasteiger partial charge >= 0.3 is 0 Å². The van der Waals surface area contributed by atoms with Gasteiger partial charge in [0.1, 0.15) is 5.75 Å². The molecule has 1 aliphatic carbocycles. The summed E-state index contributed by atoms with van der Waals surface area (Å²) in [5, 5.41) is 3.35. The molecule has 1 aromatic carbocycles. The van der Waals surface area contributed by atoms with Crippen molar-refractivity contribution in [2.45, 2.75) is 39.2 Å². The Balaban J connectivity index is 1.71. The van der Waals surface area contributed by atoms with E-state index in [-0.39, 0.29) is 6.10 Å². The van der Waals surface area contributed by atoms with Crippen molar-refractivity contribution in [3.8, 4) is 5.75 Å². The van der Waals surface area contributed by atoms with Crippen LogP contribution in [-0.4, -0.2) is 25.9 Å². The van der Waals surface area contributed by atoms with Crippen LogP contribution in [0.2, 0.25) is 0 Å². The largest absolute Gasteiger partial charge is 0.489 e. The van der Waals surface area contributed by atoms with Crippen LogP contribution in [0.3, 0.4) is 0 Å². The third-order valence-corrected chi connectivity index (χ3v) is 3.26. The van der Waals surface area contributed by atoms with Gasteiger partial charge in [0.05, 0.1) is 17.5 Å². The van der Waals surface area contributed by atoms with E-state index in [1.54, 1.807) is 0 Å². The number of nitrogens with two attached hydrogens (primary N) is 1. The smallest absolute Gasteiger partial charge is 0.144 e. The quantitative estimate of drug-likeness (QED) is 0.537. The van der Waals surface area contributed by atoms with Crippen molar-refractivity contribution in [1.29, 1.82) is 0 Å². The zero-order valence-corrected chi connectivity index (χ0v) is 12.5. The molecule has 112 valence electrons. The molecule has 0 spiro atoms. The molecule has 0 atom stereocenters. The summed E-state index contributed by atoms with van der Waals surface area (Å²) in [5.74, 6) is 1.58. The fourth-order valence-corrected chi connectivity index (χ4v) is 1.99. The molecule has 4 nitrogen and oxygen atoms in total. The molecule has 0 heterocycles. The molecule has 1 aliphatic rings. The first-order valence-corrected chi connectivity index (χ1v) is 7.53. The molecule has 1 saturated carbocycles. The highest BCUT2D eigenvalue weighted by Crippen LogP contribution is 2.30. The van der Waals surface area contributed by atoms with Crippen molar-refractivity contribution < 1.29 is 9.47 Å². The van der Waals surface area contributed by atoms with Crippen molar-refractivity contribution >= 4 is 11.4 Å². The number of ether oxygens (including phenoxy) is 2. The second-order valence-electron chi connectivity index (χ2n) is 5.68. The number of hydrogen-bond acceptors (Lipinski definition) is 4. The molecule has 20 heavy (non-hydrogen) atoms. The lowest BCUT2D eigenvalue weighted by Gasteiger charge is -2.15. The number of nitrogens with one attached hydrogen (secondary N) is 1. The zero-order valence-electron chi connectivity index (χ0n) is 12.5. The van der Waals surface area contributed by atoms with E-state index in [2.05, 4.69) is 5.32 Å². The fourth-order valence-electron chi connectivity index (χ4n) is 1.99. The van der Waals surface area contributed by atoms with Crippen LogP contribution < -0.4 is 15.8 Å². The van der Waals surface area contributed by atoms with Crippen molar-refractivity contribution in [2.24, 2.45) is 5.92 Å². The average Bonchev–Trinajstić information content (AvgIpc) is 3.21.